The molecule has 0 aliphatic rings. The van der Waals surface area contributed by atoms with Gasteiger partial charge in [0.15, 0.2) is 0 Å². The van der Waals surface area contributed by atoms with Gasteiger partial charge in [0.25, 0.3) is 5.56 Å². The molecular formula is C13H14N4O2. The van der Waals surface area contributed by atoms with Gasteiger partial charge in [-0.25, -0.2) is 9.78 Å². The number of aryl methyl sites for hydroxylation is 1. The van der Waals surface area contributed by atoms with Crippen molar-refractivity contribution >= 4 is 17.5 Å². The molecule has 0 unspecified atom stereocenters. The van der Waals surface area contributed by atoms with Gasteiger partial charge in [-0.05, 0) is 25.1 Å². The summed E-state index contributed by atoms with van der Waals surface area (Å²) in [4.78, 5) is 27.1. The van der Waals surface area contributed by atoms with E-state index < -0.39 is 6.03 Å². The quantitative estimate of drug-likeness (QED) is 0.882. The van der Waals surface area contributed by atoms with E-state index in [1.54, 1.807) is 36.7 Å². The number of aromatic nitrogens is 2. The highest BCUT2D eigenvalue weighted by Crippen LogP contribution is 2.05. The molecule has 6 heteroatoms. The van der Waals surface area contributed by atoms with Gasteiger partial charge in [-0.15, -0.1) is 0 Å². The van der Waals surface area contributed by atoms with E-state index in [4.69, 9.17) is 0 Å². The minimum absolute atomic E-state index is 0.0989. The molecule has 2 amide bonds. The predicted molar refractivity (Wildman–Crippen MR) is 73.3 cm³/mol. The second kappa shape index (κ2) is 5.81. The average molecular weight is 258 g/mol. The van der Waals surface area contributed by atoms with Crippen LogP contribution in [0.1, 0.15) is 6.92 Å². The second-order valence-electron chi connectivity index (χ2n) is 3.84. The standard InChI is InChI=1S/C13H14N4O2/c1-2-17-9-10(6-7-12(17)18)15-13(19)16-11-5-3-4-8-14-11/h3-9H,2H2,1H3,(H2,14,15,16,19). The summed E-state index contributed by atoms with van der Waals surface area (Å²) in [6, 6.07) is 7.80. The molecule has 2 aromatic heterocycles. The van der Waals surface area contributed by atoms with Crippen LogP contribution < -0.4 is 16.2 Å². The van der Waals surface area contributed by atoms with Crippen molar-refractivity contribution in [2.24, 2.45) is 0 Å². The molecule has 0 aromatic carbocycles. The lowest BCUT2D eigenvalue weighted by Crippen LogP contribution is -2.23. The molecule has 2 rings (SSSR count). The van der Waals surface area contributed by atoms with Crippen LogP contribution in [0.5, 0.6) is 0 Å². The normalized spacial score (nSPS) is 9.95. The zero-order valence-electron chi connectivity index (χ0n) is 10.5. The van der Waals surface area contributed by atoms with E-state index >= 15 is 0 Å². The SMILES string of the molecule is CCn1cc(NC(=O)Nc2ccccn2)ccc1=O. The topological polar surface area (TPSA) is 76.0 Å². The molecule has 0 aliphatic heterocycles. The van der Waals surface area contributed by atoms with Crippen LogP contribution in [0.15, 0.2) is 47.5 Å². The molecule has 0 spiro atoms. The van der Waals surface area contributed by atoms with E-state index in [2.05, 4.69) is 15.6 Å². The molecule has 0 saturated heterocycles. The Labute approximate surface area is 110 Å². The highest BCUT2D eigenvalue weighted by molar-refractivity contribution is 5.98. The second-order valence-corrected chi connectivity index (χ2v) is 3.84. The van der Waals surface area contributed by atoms with Crippen molar-refractivity contribution in [2.75, 3.05) is 10.6 Å². The van der Waals surface area contributed by atoms with Crippen molar-refractivity contribution in [1.82, 2.24) is 9.55 Å². The fourth-order valence-electron chi connectivity index (χ4n) is 1.57. The van der Waals surface area contributed by atoms with Crippen LogP contribution in [-0.2, 0) is 6.54 Å². The third-order valence-electron chi connectivity index (χ3n) is 2.49. The minimum Gasteiger partial charge on any atom is -0.314 e. The molecule has 0 aliphatic carbocycles. The molecule has 0 saturated carbocycles. The van der Waals surface area contributed by atoms with Gasteiger partial charge < -0.3 is 9.88 Å². The monoisotopic (exact) mass is 258 g/mol. The lowest BCUT2D eigenvalue weighted by Gasteiger charge is -2.08. The number of rotatable bonds is 3. The van der Waals surface area contributed by atoms with Crippen LogP contribution in [0.3, 0.4) is 0 Å². The van der Waals surface area contributed by atoms with Gasteiger partial charge in [0.2, 0.25) is 0 Å². The fraction of sp³-hybridized carbons (Fsp3) is 0.154. The number of carbonyl (C=O) groups excluding carboxylic acids is 1. The Bertz CT molecular complexity index is 622. The first kappa shape index (κ1) is 12.8. The molecule has 0 atom stereocenters. The third kappa shape index (κ3) is 3.41. The van der Waals surface area contributed by atoms with Crippen molar-refractivity contribution in [2.45, 2.75) is 13.5 Å². The molecule has 2 aromatic rings. The molecule has 2 N–H and O–H groups in total. The third-order valence-corrected chi connectivity index (χ3v) is 2.49. The summed E-state index contributed by atoms with van der Waals surface area (Å²) >= 11 is 0. The van der Waals surface area contributed by atoms with E-state index in [0.717, 1.165) is 0 Å². The number of hydrogen-bond acceptors (Lipinski definition) is 3. The molecule has 98 valence electrons. The number of anilines is 2. The molecule has 0 fully saturated rings. The number of nitrogens with one attached hydrogen (secondary N) is 2. The van der Waals surface area contributed by atoms with Crippen molar-refractivity contribution in [1.29, 1.82) is 0 Å². The van der Waals surface area contributed by atoms with Gasteiger partial charge in [-0.3, -0.25) is 10.1 Å². The summed E-state index contributed by atoms with van der Waals surface area (Å²) in [7, 11) is 0. The zero-order valence-corrected chi connectivity index (χ0v) is 10.5. The Hall–Kier alpha value is -2.63. The highest BCUT2D eigenvalue weighted by Gasteiger charge is 2.04. The molecule has 2 heterocycles. The molecular weight excluding hydrogens is 244 g/mol. The van der Waals surface area contributed by atoms with Crippen LogP contribution in [0.25, 0.3) is 0 Å². The van der Waals surface area contributed by atoms with E-state index in [9.17, 15) is 9.59 Å². The van der Waals surface area contributed by atoms with Gasteiger partial charge >= 0.3 is 6.03 Å². The number of urea groups is 1. The van der Waals surface area contributed by atoms with Gasteiger partial charge in [-0.2, -0.15) is 0 Å². The van der Waals surface area contributed by atoms with Crippen molar-refractivity contribution in [3.05, 3.63) is 53.1 Å². The summed E-state index contributed by atoms with van der Waals surface area (Å²) in [5.74, 6) is 0.462. The highest BCUT2D eigenvalue weighted by atomic mass is 16.2. The maximum atomic E-state index is 11.7. The summed E-state index contributed by atoms with van der Waals surface area (Å²) < 4.78 is 1.51. The summed E-state index contributed by atoms with van der Waals surface area (Å²) in [6.45, 7) is 2.41. The Morgan fingerprint density at radius 2 is 2.11 bits per heavy atom. The maximum absolute atomic E-state index is 11.7. The largest absolute Gasteiger partial charge is 0.324 e. The minimum atomic E-state index is -0.403. The number of pyridine rings is 2. The van der Waals surface area contributed by atoms with Crippen LogP contribution in [-0.4, -0.2) is 15.6 Å². The number of hydrogen-bond donors (Lipinski definition) is 2. The van der Waals surface area contributed by atoms with E-state index in [-0.39, 0.29) is 5.56 Å². The maximum Gasteiger partial charge on any atom is 0.324 e. The average Bonchev–Trinajstić information content (AvgIpc) is 2.42. The van der Waals surface area contributed by atoms with Crippen LogP contribution >= 0.6 is 0 Å². The van der Waals surface area contributed by atoms with Gasteiger partial charge in [0.1, 0.15) is 5.82 Å². The van der Waals surface area contributed by atoms with Gasteiger partial charge in [0, 0.05) is 25.0 Å². The molecule has 0 bridgehead atoms. The fourth-order valence-corrected chi connectivity index (χ4v) is 1.57. The summed E-state index contributed by atoms with van der Waals surface area (Å²) in [5.41, 5.74) is 0.452. The summed E-state index contributed by atoms with van der Waals surface area (Å²) in [5, 5.41) is 5.24. The lowest BCUT2D eigenvalue weighted by atomic mass is 10.4. The van der Waals surface area contributed by atoms with Crippen molar-refractivity contribution in [3.8, 4) is 0 Å². The first-order valence-corrected chi connectivity index (χ1v) is 5.88. The Morgan fingerprint density at radius 3 is 2.79 bits per heavy atom. The Morgan fingerprint density at radius 1 is 1.26 bits per heavy atom. The van der Waals surface area contributed by atoms with Crippen LogP contribution in [0, 0.1) is 0 Å². The summed E-state index contributed by atoms with van der Waals surface area (Å²) in [6.07, 6.45) is 3.19. The van der Waals surface area contributed by atoms with Crippen LogP contribution in [0.2, 0.25) is 0 Å². The van der Waals surface area contributed by atoms with Crippen molar-refractivity contribution in [3.63, 3.8) is 0 Å². The van der Waals surface area contributed by atoms with E-state index in [1.807, 2.05) is 6.92 Å². The number of carbonyl (C=O) groups is 1. The first-order valence-electron chi connectivity index (χ1n) is 5.88. The zero-order chi connectivity index (χ0) is 13.7. The Kier molecular flexibility index (Phi) is 3.92. The lowest BCUT2D eigenvalue weighted by molar-refractivity contribution is 0.262. The smallest absolute Gasteiger partial charge is 0.314 e. The van der Waals surface area contributed by atoms with Gasteiger partial charge in [-0.1, -0.05) is 6.07 Å². The Balaban J connectivity index is 2.05. The molecule has 19 heavy (non-hydrogen) atoms. The van der Waals surface area contributed by atoms with E-state index in [1.165, 1.54) is 10.6 Å². The van der Waals surface area contributed by atoms with Crippen molar-refractivity contribution < 1.29 is 4.79 Å². The van der Waals surface area contributed by atoms with Gasteiger partial charge in [0.05, 0.1) is 5.69 Å². The predicted octanol–water partition coefficient (Wildman–Crippen LogP) is 1.91. The van der Waals surface area contributed by atoms with E-state index in [0.29, 0.717) is 18.1 Å². The molecule has 0 radical (unpaired) electrons. The number of nitrogens with zero attached hydrogens (tertiary/aromatic N) is 2. The molecule has 6 nitrogen and oxygen atoms in total. The first-order chi connectivity index (χ1) is 9.19. The van der Waals surface area contributed by atoms with Crippen LogP contribution in [0.4, 0.5) is 16.3 Å². The number of amides is 2.